The average molecular weight is 555 g/mol. The maximum Gasteiger partial charge on any atom is 0.284 e. The van der Waals surface area contributed by atoms with Crippen LogP contribution in [0, 0.1) is 18.7 Å². The van der Waals surface area contributed by atoms with Gasteiger partial charge >= 0.3 is 0 Å². The van der Waals surface area contributed by atoms with Gasteiger partial charge in [-0.05, 0) is 49.4 Å². The lowest BCUT2D eigenvalue weighted by molar-refractivity contribution is -0.122. The molecule has 2 heterocycles. The summed E-state index contributed by atoms with van der Waals surface area (Å²) in [5, 5.41) is 12.9. The number of nitrogens with one attached hydrogen (secondary N) is 1. The van der Waals surface area contributed by atoms with Crippen molar-refractivity contribution >= 4 is 28.3 Å². The Balaban J connectivity index is 1.44. The zero-order valence-electron chi connectivity index (χ0n) is 22.6. The van der Waals surface area contributed by atoms with Gasteiger partial charge in [0.25, 0.3) is 11.5 Å². The van der Waals surface area contributed by atoms with E-state index in [1.807, 2.05) is 0 Å². The number of nitrogens with zero attached hydrogens (tertiary/aromatic N) is 3. The number of para-hydroxylation sites is 1. The standard InChI is InChI=1S/C31H27FN4O5/c1-18(2)26(38)17-35-19(3)29(31(40)36(35)21-7-5-4-6-8-21)30(39)34-20-9-12-28(24(32)15-20)41-27-13-14-33-25-16-22(37)10-11-23(25)27/h4-16,18,37H,17H2,1-3H3,(H,34,39). The number of hydrogen-bond acceptors (Lipinski definition) is 6. The van der Waals surface area contributed by atoms with Crippen molar-refractivity contribution in [3.8, 4) is 22.9 Å². The van der Waals surface area contributed by atoms with Crippen molar-refractivity contribution in [2.24, 2.45) is 5.92 Å². The highest BCUT2D eigenvalue weighted by Gasteiger charge is 2.25. The first-order valence-corrected chi connectivity index (χ1v) is 12.9. The molecule has 0 radical (unpaired) electrons. The number of ether oxygens (including phenoxy) is 1. The molecule has 0 aliphatic heterocycles. The van der Waals surface area contributed by atoms with E-state index < -0.39 is 17.3 Å². The van der Waals surface area contributed by atoms with Gasteiger partial charge in [0.1, 0.15) is 17.1 Å². The first-order valence-electron chi connectivity index (χ1n) is 12.9. The SMILES string of the molecule is Cc1c(C(=O)Nc2ccc(Oc3ccnc4cc(O)ccc34)c(F)c2)c(=O)n(-c2ccccc2)n1CC(=O)C(C)C. The Labute approximate surface area is 234 Å². The van der Waals surface area contributed by atoms with E-state index in [0.717, 1.165) is 6.07 Å². The zero-order chi connectivity index (χ0) is 29.3. The maximum atomic E-state index is 15.1. The van der Waals surface area contributed by atoms with Crippen LogP contribution in [0.25, 0.3) is 16.6 Å². The number of phenols is 1. The van der Waals surface area contributed by atoms with Crippen molar-refractivity contribution in [3.05, 3.63) is 106 Å². The predicted octanol–water partition coefficient (Wildman–Crippen LogP) is 5.61. The number of hydrogen-bond donors (Lipinski definition) is 2. The molecule has 0 saturated heterocycles. The van der Waals surface area contributed by atoms with Crippen molar-refractivity contribution in [2.75, 3.05) is 5.32 Å². The number of carbonyl (C=O) groups excluding carboxylic acids is 2. The van der Waals surface area contributed by atoms with Crippen molar-refractivity contribution in [2.45, 2.75) is 27.3 Å². The van der Waals surface area contributed by atoms with Crippen molar-refractivity contribution in [1.29, 1.82) is 0 Å². The van der Waals surface area contributed by atoms with Gasteiger partial charge in [-0.15, -0.1) is 0 Å². The first-order chi connectivity index (χ1) is 19.6. The lowest BCUT2D eigenvalue weighted by atomic mass is 10.1. The molecule has 0 saturated carbocycles. The van der Waals surface area contributed by atoms with Crippen LogP contribution >= 0.6 is 0 Å². The number of fused-ring (bicyclic) bond motifs is 1. The summed E-state index contributed by atoms with van der Waals surface area (Å²) in [5.74, 6) is -1.57. The van der Waals surface area contributed by atoms with E-state index in [9.17, 15) is 19.5 Å². The van der Waals surface area contributed by atoms with Gasteiger partial charge < -0.3 is 15.2 Å². The van der Waals surface area contributed by atoms with E-state index in [2.05, 4.69) is 10.3 Å². The molecule has 0 fully saturated rings. The number of pyridine rings is 1. The van der Waals surface area contributed by atoms with Gasteiger partial charge in [0.05, 0.1) is 23.4 Å². The van der Waals surface area contributed by atoms with Crippen molar-refractivity contribution in [3.63, 3.8) is 0 Å². The van der Waals surface area contributed by atoms with E-state index >= 15 is 4.39 Å². The molecular weight excluding hydrogens is 527 g/mol. The maximum absolute atomic E-state index is 15.1. The Morgan fingerprint density at radius 3 is 2.49 bits per heavy atom. The van der Waals surface area contributed by atoms with Gasteiger partial charge in [0, 0.05) is 35.3 Å². The van der Waals surface area contributed by atoms with Crippen molar-refractivity contribution < 1.29 is 23.8 Å². The van der Waals surface area contributed by atoms with Gasteiger partial charge in [-0.3, -0.25) is 24.0 Å². The minimum atomic E-state index is -0.745. The average Bonchev–Trinajstić information content (AvgIpc) is 3.19. The monoisotopic (exact) mass is 554 g/mol. The summed E-state index contributed by atoms with van der Waals surface area (Å²) in [6.45, 7) is 5.04. The fraction of sp³-hybridized carbons (Fsp3) is 0.161. The zero-order valence-corrected chi connectivity index (χ0v) is 22.6. The third-order valence-corrected chi connectivity index (χ3v) is 6.67. The molecule has 10 heteroatoms. The number of rotatable bonds is 8. The highest BCUT2D eigenvalue weighted by molar-refractivity contribution is 6.05. The number of carbonyl (C=O) groups is 2. The number of aromatic nitrogens is 3. The van der Waals surface area contributed by atoms with Gasteiger partial charge in [-0.2, -0.15) is 0 Å². The highest BCUT2D eigenvalue weighted by Crippen LogP contribution is 2.32. The molecule has 2 aromatic heterocycles. The Morgan fingerprint density at radius 1 is 1.02 bits per heavy atom. The van der Waals surface area contributed by atoms with Crippen molar-refractivity contribution in [1.82, 2.24) is 14.3 Å². The van der Waals surface area contributed by atoms with E-state index in [4.69, 9.17) is 4.74 Å². The molecular formula is C31H27FN4O5. The van der Waals surface area contributed by atoms with Gasteiger partial charge in [0.2, 0.25) is 0 Å². The number of aromatic hydroxyl groups is 1. The molecule has 2 N–H and O–H groups in total. The number of ketones is 1. The van der Waals surface area contributed by atoms with Gasteiger partial charge in [-0.1, -0.05) is 32.0 Å². The van der Waals surface area contributed by atoms with Crippen LogP contribution in [0.3, 0.4) is 0 Å². The Bertz CT molecular complexity index is 1840. The molecule has 0 aliphatic carbocycles. The summed E-state index contributed by atoms with van der Waals surface area (Å²) >= 11 is 0. The number of amides is 1. The fourth-order valence-corrected chi connectivity index (χ4v) is 4.43. The molecule has 0 unspecified atom stereocenters. The summed E-state index contributed by atoms with van der Waals surface area (Å²) in [6, 6.07) is 18.8. The molecule has 5 aromatic rings. The lowest BCUT2D eigenvalue weighted by Crippen LogP contribution is -2.27. The Hall–Kier alpha value is -5.25. The van der Waals surface area contributed by atoms with Gasteiger partial charge in [0.15, 0.2) is 17.3 Å². The summed E-state index contributed by atoms with van der Waals surface area (Å²) in [7, 11) is 0. The Kier molecular flexibility index (Phi) is 7.39. The van der Waals surface area contributed by atoms with Crippen LogP contribution in [0.4, 0.5) is 10.1 Å². The molecule has 0 atom stereocenters. The van der Waals surface area contributed by atoms with E-state index in [-0.39, 0.29) is 41.0 Å². The van der Waals surface area contributed by atoms with E-state index in [1.165, 1.54) is 39.8 Å². The minimum Gasteiger partial charge on any atom is -0.508 e. The summed E-state index contributed by atoms with van der Waals surface area (Å²) in [6.07, 6.45) is 1.48. The summed E-state index contributed by atoms with van der Waals surface area (Å²) in [5.41, 5.74) is 0.645. The summed E-state index contributed by atoms with van der Waals surface area (Å²) in [4.78, 5) is 43.6. The third-order valence-electron chi connectivity index (χ3n) is 6.67. The Morgan fingerprint density at radius 2 is 1.78 bits per heavy atom. The van der Waals surface area contributed by atoms with Crippen LogP contribution in [0.1, 0.15) is 29.9 Å². The molecule has 41 heavy (non-hydrogen) atoms. The quantitative estimate of drug-likeness (QED) is 0.258. The van der Waals surface area contributed by atoms with E-state index in [1.54, 1.807) is 63.2 Å². The number of phenolic OH excluding ortho intramolecular Hbond substituents is 1. The van der Waals surface area contributed by atoms with Crippen LogP contribution < -0.4 is 15.6 Å². The highest BCUT2D eigenvalue weighted by atomic mass is 19.1. The molecule has 9 nitrogen and oxygen atoms in total. The molecule has 0 aliphatic rings. The number of anilines is 1. The third kappa shape index (κ3) is 5.44. The normalized spacial score (nSPS) is 11.1. The predicted molar refractivity (Wildman–Crippen MR) is 152 cm³/mol. The molecule has 3 aromatic carbocycles. The smallest absolute Gasteiger partial charge is 0.284 e. The van der Waals surface area contributed by atoms with E-state index in [0.29, 0.717) is 28.0 Å². The first kappa shape index (κ1) is 27.3. The number of halogens is 1. The summed E-state index contributed by atoms with van der Waals surface area (Å²) < 4.78 is 23.6. The second-order valence-electron chi connectivity index (χ2n) is 9.80. The second-order valence-corrected chi connectivity index (χ2v) is 9.80. The molecule has 1 amide bonds. The second kappa shape index (κ2) is 11.1. The molecule has 0 spiro atoms. The fourth-order valence-electron chi connectivity index (χ4n) is 4.43. The topological polar surface area (TPSA) is 115 Å². The van der Waals surface area contributed by atoms with Crippen LogP contribution in [0.15, 0.2) is 83.8 Å². The number of benzene rings is 3. The largest absolute Gasteiger partial charge is 0.508 e. The van der Waals surface area contributed by atoms with Crippen LogP contribution in [0.5, 0.6) is 17.2 Å². The van der Waals surface area contributed by atoms with Gasteiger partial charge in [-0.25, -0.2) is 9.07 Å². The lowest BCUT2D eigenvalue weighted by Gasteiger charge is -2.14. The molecule has 0 bridgehead atoms. The van der Waals surface area contributed by atoms with Crippen LogP contribution in [0.2, 0.25) is 0 Å². The molecule has 5 rings (SSSR count). The number of Topliss-reactive ketones (excluding diaryl/α,β-unsaturated/α-hetero) is 1. The molecule has 208 valence electrons. The minimum absolute atomic E-state index is 0.0426. The van der Waals surface area contributed by atoms with Crippen LogP contribution in [-0.4, -0.2) is 31.1 Å². The van der Waals surface area contributed by atoms with Crippen LogP contribution in [-0.2, 0) is 11.3 Å².